The Morgan fingerprint density at radius 2 is 2.19 bits per heavy atom. The smallest absolute Gasteiger partial charge is 0.239 e. The number of carbonyl (C=O) groups is 1. The number of nitrogens with one attached hydrogen (secondary N) is 1. The highest BCUT2D eigenvalue weighted by atomic mass is 19.1. The number of carbonyl (C=O) groups excluding carboxylic acids is 1. The van der Waals surface area contributed by atoms with Gasteiger partial charge in [-0.25, -0.2) is 10.2 Å². The minimum atomic E-state index is -0.993. The van der Waals surface area contributed by atoms with E-state index in [1.807, 2.05) is 0 Å². The second kappa shape index (κ2) is 5.59. The number of hydrogen-bond donors (Lipinski definition) is 2. The van der Waals surface area contributed by atoms with E-state index in [4.69, 9.17) is 20.1 Å². The molecule has 7 heteroatoms. The van der Waals surface area contributed by atoms with Gasteiger partial charge in [0.25, 0.3) is 0 Å². The van der Waals surface area contributed by atoms with Crippen molar-refractivity contribution in [3.05, 3.63) is 29.6 Å². The van der Waals surface area contributed by atoms with Gasteiger partial charge in [0.1, 0.15) is 11.6 Å². The Kier molecular flexibility index (Phi) is 3.79. The SMILES string of the molecule is NNC(=O)CC1(CC2COc3cc(F)ccc32)OCCO1. The third kappa shape index (κ3) is 2.85. The van der Waals surface area contributed by atoms with Crippen molar-refractivity contribution in [2.24, 2.45) is 5.84 Å². The Labute approximate surface area is 121 Å². The maximum atomic E-state index is 13.2. The van der Waals surface area contributed by atoms with E-state index in [0.29, 0.717) is 32.0 Å². The lowest BCUT2D eigenvalue weighted by Crippen LogP contribution is -2.41. The van der Waals surface area contributed by atoms with E-state index >= 15 is 0 Å². The molecule has 0 aromatic heterocycles. The van der Waals surface area contributed by atoms with Crippen LogP contribution < -0.4 is 16.0 Å². The minimum Gasteiger partial charge on any atom is -0.493 e. The predicted molar refractivity (Wildman–Crippen MR) is 70.8 cm³/mol. The number of hydrazine groups is 1. The lowest BCUT2D eigenvalue weighted by Gasteiger charge is -2.28. The first-order valence-electron chi connectivity index (χ1n) is 6.81. The highest BCUT2D eigenvalue weighted by Crippen LogP contribution is 2.42. The van der Waals surface area contributed by atoms with Crippen LogP contribution in [-0.4, -0.2) is 31.5 Å². The third-order valence-corrected chi connectivity index (χ3v) is 3.82. The molecule has 0 radical (unpaired) electrons. The molecule has 1 atom stereocenters. The Morgan fingerprint density at radius 1 is 1.43 bits per heavy atom. The van der Waals surface area contributed by atoms with Gasteiger partial charge in [-0.05, 0) is 6.07 Å². The molecule has 0 aliphatic carbocycles. The number of amides is 1. The number of nitrogens with two attached hydrogens (primary N) is 1. The van der Waals surface area contributed by atoms with E-state index in [1.165, 1.54) is 12.1 Å². The van der Waals surface area contributed by atoms with Gasteiger partial charge in [-0.15, -0.1) is 0 Å². The molecule has 1 aromatic rings. The quantitative estimate of drug-likeness (QED) is 0.488. The zero-order valence-corrected chi connectivity index (χ0v) is 11.4. The Hall–Kier alpha value is -1.70. The highest BCUT2D eigenvalue weighted by molar-refractivity contribution is 5.76. The number of benzene rings is 1. The summed E-state index contributed by atoms with van der Waals surface area (Å²) in [6, 6.07) is 4.47. The van der Waals surface area contributed by atoms with Crippen molar-refractivity contribution >= 4 is 5.91 Å². The van der Waals surface area contributed by atoms with Crippen LogP contribution in [0, 0.1) is 5.82 Å². The van der Waals surface area contributed by atoms with E-state index in [1.54, 1.807) is 6.07 Å². The summed E-state index contributed by atoms with van der Waals surface area (Å²) in [5.74, 6) is 3.98. The average Bonchev–Trinajstić information content (AvgIpc) is 3.07. The highest BCUT2D eigenvalue weighted by Gasteiger charge is 2.43. The molecule has 6 nitrogen and oxygen atoms in total. The molecule has 1 amide bonds. The van der Waals surface area contributed by atoms with E-state index in [2.05, 4.69) is 5.43 Å². The van der Waals surface area contributed by atoms with E-state index < -0.39 is 5.79 Å². The second-order valence-electron chi connectivity index (χ2n) is 5.25. The van der Waals surface area contributed by atoms with Gasteiger partial charge in [0.2, 0.25) is 5.91 Å². The molecule has 3 rings (SSSR count). The molecule has 114 valence electrons. The van der Waals surface area contributed by atoms with Gasteiger partial charge in [-0.3, -0.25) is 10.2 Å². The second-order valence-corrected chi connectivity index (χ2v) is 5.25. The van der Waals surface area contributed by atoms with E-state index in [9.17, 15) is 9.18 Å². The molecule has 2 heterocycles. The van der Waals surface area contributed by atoms with Gasteiger partial charge in [-0.1, -0.05) is 6.07 Å². The molecule has 1 unspecified atom stereocenters. The number of hydrogen-bond acceptors (Lipinski definition) is 5. The van der Waals surface area contributed by atoms with Crippen molar-refractivity contribution in [2.45, 2.75) is 24.5 Å². The van der Waals surface area contributed by atoms with Crippen molar-refractivity contribution in [2.75, 3.05) is 19.8 Å². The summed E-state index contributed by atoms with van der Waals surface area (Å²) in [5, 5.41) is 0. The van der Waals surface area contributed by atoms with E-state index in [0.717, 1.165) is 5.56 Å². The monoisotopic (exact) mass is 296 g/mol. The molecule has 0 spiro atoms. The normalized spacial score (nSPS) is 22.7. The number of halogens is 1. The number of ether oxygens (including phenoxy) is 3. The van der Waals surface area contributed by atoms with Crippen LogP contribution in [0.4, 0.5) is 4.39 Å². The number of fused-ring (bicyclic) bond motifs is 1. The van der Waals surface area contributed by atoms with E-state index in [-0.39, 0.29) is 24.1 Å². The summed E-state index contributed by atoms with van der Waals surface area (Å²) < 4.78 is 30.0. The fraction of sp³-hybridized carbons (Fsp3) is 0.500. The van der Waals surface area contributed by atoms with Gasteiger partial charge in [-0.2, -0.15) is 0 Å². The maximum Gasteiger partial charge on any atom is 0.239 e. The largest absolute Gasteiger partial charge is 0.493 e. The zero-order chi connectivity index (χ0) is 14.9. The summed E-state index contributed by atoms with van der Waals surface area (Å²) >= 11 is 0. The summed E-state index contributed by atoms with van der Waals surface area (Å²) in [5.41, 5.74) is 2.99. The molecular weight excluding hydrogens is 279 g/mol. The van der Waals surface area contributed by atoms with Gasteiger partial charge < -0.3 is 14.2 Å². The van der Waals surface area contributed by atoms with Crippen LogP contribution in [0.1, 0.15) is 24.3 Å². The summed E-state index contributed by atoms with van der Waals surface area (Å²) in [6.07, 6.45) is 0.482. The fourth-order valence-electron chi connectivity index (χ4n) is 2.88. The van der Waals surface area contributed by atoms with Crippen LogP contribution in [0.5, 0.6) is 5.75 Å². The molecule has 21 heavy (non-hydrogen) atoms. The minimum absolute atomic E-state index is 0.00993. The lowest BCUT2D eigenvalue weighted by atomic mass is 9.91. The fourth-order valence-corrected chi connectivity index (χ4v) is 2.88. The van der Waals surface area contributed by atoms with Crippen molar-refractivity contribution in [3.8, 4) is 5.75 Å². The molecule has 0 bridgehead atoms. The van der Waals surface area contributed by atoms with Crippen LogP contribution in [0.15, 0.2) is 18.2 Å². The first-order valence-corrected chi connectivity index (χ1v) is 6.81. The summed E-state index contributed by atoms with van der Waals surface area (Å²) in [6.45, 7) is 1.28. The molecule has 0 saturated carbocycles. The van der Waals surface area contributed by atoms with Crippen LogP contribution in [-0.2, 0) is 14.3 Å². The topological polar surface area (TPSA) is 82.8 Å². The predicted octanol–water partition coefficient (Wildman–Crippen LogP) is 0.815. The van der Waals surface area contributed by atoms with Crippen LogP contribution in [0.3, 0.4) is 0 Å². The van der Waals surface area contributed by atoms with Gasteiger partial charge in [0, 0.05) is 24.0 Å². The average molecular weight is 296 g/mol. The van der Waals surface area contributed by atoms with Crippen molar-refractivity contribution < 1.29 is 23.4 Å². The standard InChI is InChI=1S/C14H17FN2O4/c15-10-1-2-11-9(8-19-12(11)5-10)6-14(7-13(18)17-16)20-3-4-21-14/h1-2,5,9H,3-4,6-8,16H2,(H,17,18). The first kappa shape index (κ1) is 14.2. The van der Waals surface area contributed by atoms with Gasteiger partial charge >= 0.3 is 0 Å². The lowest BCUT2D eigenvalue weighted by molar-refractivity contribution is -0.176. The summed E-state index contributed by atoms with van der Waals surface area (Å²) in [7, 11) is 0. The Morgan fingerprint density at radius 3 is 2.90 bits per heavy atom. The van der Waals surface area contributed by atoms with Crippen molar-refractivity contribution in [3.63, 3.8) is 0 Å². The molecule has 2 aliphatic heterocycles. The number of rotatable bonds is 4. The maximum absolute atomic E-state index is 13.2. The van der Waals surface area contributed by atoms with Gasteiger partial charge in [0.05, 0.1) is 26.2 Å². The molecule has 3 N–H and O–H groups in total. The molecular formula is C14H17FN2O4. The third-order valence-electron chi connectivity index (χ3n) is 3.82. The summed E-state index contributed by atoms with van der Waals surface area (Å²) in [4.78, 5) is 11.6. The molecule has 1 aromatic carbocycles. The Bertz CT molecular complexity index is 546. The van der Waals surface area contributed by atoms with Gasteiger partial charge in [0.15, 0.2) is 5.79 Å². The van der Waals surface area contributed by atoms with Crippen LogP contribution >= 0.6 is 0 Å². The van der Waals surface area contributed by atoms with Crippen molar-refractivity contribution in [1.29, 1.82) is 0 Å². The van der Waals surface area contributed by atoms with Crippen LogP contribution in [0.2, 0.25) is 0 Å². The Balaban J connectivity index is 1.77. The zero-order valence-electron chi connectivity index (χ0n) is 11.4. The van der Waals surface area contributed by atoms with Crippen molar-refractivity contribution in [1.82, 2.24) is 5.43 Å². The van der Waals surface area contributed by atoms with Crippen LogP contribution in [0.25, 0.3) is 0 Å². The molecule has 2 aliphatic rings. The molecule has 1 saturated heterocycles. The molecule has 1 fully saturated rings. The first-order chi connectivity index (χ1) is 10.1.